The van der Waals surface area contributed by atoms with Crippen LogP contribution in [-0.2, 0) is 0 Å². The minimum absolute atomic E-state index is 0.0425. The van der Waals surface area contributed by atoms with E-state index in [1.54, 1.807) is 11.8 Å². The van der Waals surface area contributed by atoms with Gasteiger partial charge in [-0.05, 0) is 37.4 Å². The maximum Gasteiger partial charge on any atom is 0.144 e. The molecule has 0 N–H and O–H groups in total. The Morgan fingerprint density at radius 1 is 1.44 bits per heavy atom. The van der Waals surface area contributed by atoms with Crippen molar-refractivity contribution in [3.8, 4) is 5.75 Å². The quantitative estimate of drug-likeness (QED) is 0.587. The second kappa shape index (κ2) is 6.59. The van der Waals surface area contributed by atoms with E-state index in [2.05, 4.69) is 24.8 Å². The largest absolute Gasteiger partial charge is 0.491 e. The molecule has 0 bridgehead atoms. The molecule has 2 radical (unpaired) electrons. The monoisotopic (exact) mass is 282 g/mol. The number of benzene rings is 1. The van der Waals surface area contributed by atoms with Gasteiger partial charge in [0.2, 0.25) is 0 Å². The van der Waals surface area contributed by atoms with E-state index in [0.717, 1.165) is 49.4 Å². The van der Waals surface area contributed by atoms with Crippen molar-refractivity contribution in [1.29, 1.82) is 0 Å². The molecule has 2 rings (SSSR count). The number of hydrogen-bond acceptors (Lipinski definition) is 4. The summed E-state index contributed by atoms with van der Waals surface area (Å²) in [6, 6.07) is 6.12. The Hall–Kier alpha value is -0.520. The number of rotatable bonds is 6. The lowest BCUT2D eigenvalue weighted by Crippen LogP contribution is -2.26. The zero-order valence-corrected chi connectivity index (χ0v) is 12.4. The molecule has 1 aromatic rings. The van der Waals surface area contributed by atoms with Gasteiger partial charge in [-0.1, -0.05) is 36.3 Å². The van der Waals surface area contributed by atoms with E-state index in [1.807, 2.05) is 12.1 Å². The summed E-state index contributed by atoms with van der Waals surface area (Å²) in [5.74, 6) is 0.937. The van der Waals surface area contributed by atoms with Crippen molar-refractivity contribution in [1.82, 2.24) is 5.14 Å². The average Bonchev–Trinajstić information content (AvgIpc) is 2.77. The van der Waals surface area contributed by atoms with Gasteiger partial charge in [-0.2, -0.15) is 0 Å². The van der Waals surface area contributed by atoms with Gasteiger partial charge in [-0.15, -0.1) is 0 Å². The fourth-order valence-corrected chi connectivity index (χ4v) is 3.92. The highest BCUT2D eigenvalue weighted by atomic mass is 32.2. The Kier molecular flexibility index (Phi) is 5.09. The first kappa shape index (κ1) is 13.9. The third kappa shape index (κ3) is 2.73. The number of ether oxygens (including phenoxy) is 1. The van der Waals surface area contributed by atoms with E-state index in [4.69, 9.17) is 4.74 Å². The van der Waals surface area contributed by atoms with Crippen molar-refractivity contribution < 1.29 is 4.74 Å². The molecule has 0 aliphatic carbocycles. The van der Waals surface area contributed by atoms with Gasteiger partial charge in [0.15, 0.2) is 0 Å². The van der Waals surface area contributed by atoms with Crippen molar-refractivity contribution in [2.24, 2.45) is 0 Å². The zero-order chi connectivity index (χ0) is 13.0. The van der Waals surface area contributed by atoms with Crippen LogP contribution < -0.4 is 14.8 Å². The Morgan fingerprint density at radius 2 is 2.28 bits per heavy atom. The lowest BCUT2D eigenvalue weighted by atomic mass is 10.2. The van der Waals surface area contributed by atoms with Gasteiger partial charge < -0.3 is 9.64 Å². The van der Waals surface area contributed by atoms with E-state index in [1.165, 1.54) is 4.90 Å². The molecule has 1 heterocycles. The lowest BCUT2D eigenvalue weighted by Gasteiger charge is -2.23. The van der Waals surface area contributed by atoms with Crippen molar-refractivity contribution >= 4 is 29.4 Å². The number of nitrogens with zero attached hydrogens (tertiary/aromatic N) is 2. The van der Waals surface area contributed by atoms with Crippen LogP contribution in [0.15, 0.2) is 23.1 Å². The smallest absolute Gasteiger partial charge is 0.144 e. The maximum atomic E-state index is 9.36. The Morgan fingerprint density at radius 3 is 2.94 bits per heavy atom. The zero-order valence-electron chi connectivity index (χ0n) is 10.8. The molecule has 1 atom stereocenters. The highest BCUT2D eigenvalue weighted by Gasteiger charge is 2.32. The van der Waals surface area contributed by atoms with Crippen LogP contribution in [0.3, 0.4) is 0 Å². The average molecular weight is 282 g/mol. The van der Waals surface area contributed by atoms with Crippen LogP contribution in [0.5, 0.6) is 5.75 Å². The van der Waals surface area contributed by atoms with Crippen LogP contribution in [0, 0.1) is 0 Å². The van der Waals surface area contributed by atoms with Gasteiger partial charge >= 0.3 is 0 Å². The molecule has 98 valence electrons. The molecule has 0 aromatic heterocycles. The molecule has 3 nitrogen and oxygen atoms in total. The minimum atomic E-state index is 0.0425. The topological polar surface area (TPSA) is 34.8 Å². The maximum absolute atomic E-state index is 9.36. The van der Waals surface area contributed by atoms with E-state index in [9.17, 15) is 5.14 Å². The van der Waals surface area contributed by atoms with Gasteiger partial charge in [-0.3, -0.25) is 0 Å². The molecule has 0 amide bonds. The molecule has 0 saturated carbocycles. The van der Waals surface area contributed by atoms with Gasteiger partial charge in [0, 0.05) is 11.4 Å². The van der Waals surface area contributed by atoms with E-state index in [0.29, 0.717) is 0 Å². The fourth-order valence-electron chi connectivity index (χ4n) is 1.99. The first-order valence-corrected chi connectivity index (χ1v) is 8.02. The number of hydrogen-bond donors (Lipinski definition) is 0. The highest BCUT2D eigenvalue weighted by Crippen LogP contribution is 2.50. The van der Waals surface area contributed by atoms with Crippen molar-refractivity contribution in [2.45, 2.75) is 36.3 Å². The summed E-state index contributed by atoms with van der Waals surface area (Å²) in [6.45, 7) is 5.88. The molecule has 1 aromatic carbocycles. The summed E-state index contributed by atoms with van der Waals surface area (Å²) in [4.78, 5) is 3.38. The third-order valence-corrected chi connectivity index (χ3v) is 4.94. The summed E-state index contributed by atoms with van der Waals surface area (Å²) in [6.07, 6.45) is 2.21. The van der Waals surface area contributed by atoms with Gasteiger partial charge in [-0.25, -0.2) is 0 Å². The van der Waals surface area contributed by atoms with Crippen LogP contribution >= 0.6 is 23.7 Å². The van der Waals surface area contributed by atoms with Gasteiger partial charge in [0.05, 0.1) is 12.3 Å². The van der Waals surface area contributed by atoms with Crippen LogP contribution in [0.2, 0.25) is 0 Å². The summed E-state index contributed by atoms with van der Waals surface area (Å²) < 4.78 is 5.91. The minimum Gasteiger partial charge on any atom is -0.491 e. The Balaban J connectivity index is 2.21. The molecule has 18 heavy (non-hydrogen) atoms. The third-order valence-electron chi connectivity index (χ3n) is 2.92. The number of para-hydroxylation sites is 1. The molecule has 1 unspecified atom stereocenters. The summed E-state index contributed by atoms with van der Waals surface area (Å²) in [5, 5.41) is 9.36. The van der Waals surface area contributed by atoms with Gasteiger partial charge in [0.1, 0.15) is 10.5 Å². The summed E-state index contributed by atoms with van der Waals surface area (Å²) >= 11 is 2.57. The van der Waals surface area contributed by atoms with Crippen LogP contribution in [0.4, 0.5) is 5.69 Å². The van der Waals surface area contributed by atoms with Crippen LogP contribution in [0.1, 0.15) is 26.7 Å². The number of thioether (sulfide) groups is 1. The highest BCUT2D eigenvalue weighted by molar-refractivity contribution is 8.16. The standard InChI is InChI=1S/C13H18N2OS2/c1-3-5-9-16-10-7-6-8-11-12(10)15(4-2)13(17-11)18-14/h6-8,13H,3-5,9H2,1-2H3. The van der Waals surface area contributed by atoms with Crippen LogP contribution in [0.25, 0.3) is 0 Å². The SMILES string of the molecule is CCCCOc1cccc2c1N(CC)C(S[N])S2. The molecule has 0 saturated heterocycles. The second-order valence-electron chi connectivity index (χ2n) is 4.12. The van der Waals surface area contributed by atoms with Crippen LogP contribution in [-0.4, -0.2) is 17.9 Å². The molecule has 1 aliphatic heterocycles. The first-order chi connectivity index (χ1) is 8.81. The van der Waals surface area contributed by atoms with Gasteiger partial charge in [0.25, 0.3) is 0 Å². The first-order valence-electron chi connectivity index (χ1n) is 6.31. The fraction of sp³-hybridized carbons (Fsp3) is 0.538. The normalized spacial score (nSPS) is 17.9. The van der Waals surface area contributed by atoms with Crippen molar-refractivity contribution in [2.75, 3.05) is 18.1 Å². The van der Waals surface area contributed by atoms with E-state index >= 15 is 0 Å². The van der Waals surface area contributed by atoms with Crippen molar-refractivity contribution in [3.05, 3.63) is 18.2 Å². The molecule has 5 heteroatoms. The second-order valence-corrected chi connectivity index (χ2v) is 6.20. The lowest BCUT2D eigenvalue weighted by molar-refractivity contribution is 0.309. The predicted octanol–water partition coefficient (Wildman–Crippen LogP) is 3.80. The molecule has 0 spiro atoms. The summed E-state index contributed by atoms with van der Waals surface area (Å²) in [5.41, 5.74) is 1.13. The number of fused-ring (bicyclic) bond motifs is 1. The molecule has 1 aliphatic rings. The summed E-state index contributed by atoms with van der Waals surface area (Å²) in [7, 11) is 0. The number of anilines is 1. The molecular formula is C13H18N2OS2. The molecule has 0 fully saturated rings. The van der Waals surface area contributed by atoms with E-state index in [-0.39, 0.29) is 4.71 Å². The Labute approximate surface area is 118 Å². The Bertz CT molecular complexity index is 401. The van der Waals surface area contributed by atoms with E-state index < -0.39 is 0 Å². The number of unbranched alkanes of at least 4 members (excludes halogenated alkanes) is 1. The predicted molar refractivity (Wildman–Crippen MR) is 79.2 cm³/mol. The molecular weight excluding hydrogens is 264 g/mol. The van der Waals surface area contributed by atoms with Crippen molar-refractivity contribution in [3.63, 3.8) is 0 Å².